The summed E-state index contributed by atoms with van der Waals surface area (Å²) in [6.45, 7) is 6.98. The summed E-state index contributed by atoms with van der Waals surface area (Å²) in [7, 11) is 0. The number of aromatic nitrogens is 4. The summed E-state index contributed by atoms with van der Waals surface area (Å²) >= 11 is 5.98. The van der Waals surface area contributed by atoms with Gasteiger partial charge in [0, 0.05) is 43.2 Å². The summed E-state index contributed by atoms with van der Waals surface area (Å²) in [6.07, 6.45) is 3.45. The van der Waals surface area contributed by atoms with Gasteiger partial charge < -0.3 is 9.80 Å². The van der Waals surface area contributed by atoms with E-state index in [1.807, 2.05) is 15.8 Å². The average Bonchev–Trinajstić information content (AvgIpc) is 3.13. The number of carbonyl (C=O) groups excluding carboxylic acids is 1. The Bertz CT molecular complexity index is 1320. The van der Waals surface area contributed by atoms with Crippen LogP contribution >= 0.6 is 11.6 Å². The normalized spacial score (nSPS) is 14.4. The lowest BCUT2D eigenvalue weighted by Crippen LogP contribution is -2.35. The molecule has 0 N–H and O–H groups in total. The Hall–Kier alpha value is -3.45. The topological polar surface area (TPSA) is 67.2 Å². The lowest BCUT2D eigenvalue weighted by molar-refractivity contribution is 0.0767. The van der Waals surface area contributed by atoms with Gasteiger partial charge in [-0.25, -0.2) is 14.6 Å². The zero-order valence-electron chi connectivity index (χ0n) is 19.4. The van der Waals surface area contributed by atoms with E-state index in [9.17, 15) is 4.79 Å². The molecule has 0 aliphatic carbocycles. The van der Waals surface area contributed by atoms with E-state index in [4.69, 9.17) is 21.6 Å². The van der Waals surface area contributed by atoms with Crippen LogP contribution in [-0.2, 0) is 6.42 Å². The van der Waals surface area contributed by atoms with E-state index in [0.29, 0.717) is 30.2 Å². The molecular weight excluding hydrogens is 448 g/mol. The lowest BCUT2D eigenvalue weighted by Gasteiger charge is -2.23. The first-order valence-electron chi connectivity index (χ1n) is 11.6. The van der Waals surface area contributed by atoms with Crippen LogP contribution in [0.15, 0.2) is 54.7 Å². The van der Waals surface area contributed by atoms with Crippen LogP contribution in [0.5, 0.6) is 0 Å². The number of hydrogen-bond donors (Lipinski definition) is 0. The quantitative estimate of drug-likeness (QED) is 0.429. The molecule has 1 fully saturated rings. The molecular formula is C26H27ClN6O. The second-order valence-corrected chi connectivity index (χ2v) is 9.02. The van der Waals surface area contributed by atoms with Crippen LogP contribution in [0.3, 0.4) is 0 Å². The maximum Gasteiger partial charge on any atom is 0.253 e. The molecule has 1 aliphatic heterocycles. The molecule has 34 heavy (non-hydrogen) atoms. The molecule has 5 rings (SSSR count). The number of amides is 1. The zero-order valence-corrected chi connectivity index (χ0v) is 20.2. The molecule has 4 aromatic rings. The predicted octanol–water partition coefficient (Wildman–Crippen LogP) is 4.69. The number of halogens is 1. The fourth-order valence-corrected chi connectivity index (χ4v) is 4.44. The fraction of sp³-hybridized carbons (Fsp3) is 0.308. The number of carbonyl (C=O) groups is 1. The van der Waals surface area contributed by atoms with Gasteiger partial charge in [-0.2, -0.15) is 5.10 Å². The second kappa shape index (κ2) is 9.43. The Labute approximate surface area is 204 Å². The van der Waals surface area contributed by atoms with Crippen LogP contribution in [-0.4, -0.2) is 56.7 Å². The Balaban J connectivity index is 1.44. The Kier molecular flexibility index (Phi) is 6.20. The summed E-state index contributed by atoms with van der Waals surface area (Å²) in [5, 5.41) is 6.21. The molecule has 2 aromatic carbocycles. The molecule has 0 unspecified atom stereocenters. The first-order valence-corrected chi connectivity index (χ1v) is 12.0. The summed E-state index contributed by atoms with van der Waals surface area (Å²) in [4.78, 5) is 26.9. The summed E-state index contributed by atoms with van der Waals surface area (Å²) in [5.41, 5.74) is 3.65. The predicted molar refractivity (Wildman–Crippen MR) is 135 cm³/mol. The van der Waals surface area contributed by atoms with Crippen molar-refractivity contribution in [3.8, 4) is 5.69 Å². The van der Waals surface area contributed by atoms with E-state index < -0.39 is 0 Å². The fourth-order valence-electron chi connectivity index (χ4n) is 4.32. The van der Waals surface area contributed by atoms with E-state index in [0.717, 1.165) is 47.7 Å². The van der Waals surface area contributed by atoms with Gasteiger partial charge in [-0.1, -0.05) is 36.2 Å². The van der Waals surface area contributed by atoms with Crippen molar-refractivity contribution in [3.05, 3.63) is 76.7 Å². The minimum Gasteiger partial charge on any atom is -0.354 e. The first-order chi connectivity index (χ1) is 16.5. The van der Waals surface area contributed by atoms with Crippen molar-refractivity contribution in [2.45, 2.75) is 26.7 Å². The summed E-state index contributed by atoms with van der Waals surface area (Å²) in [6, 6.07) is 15.4. The SMILES string of the molecule is CCc1nc(N2CCCN(C(=O)c3ccc(Cl)cc3)CC2)c2cnn(-c3ccc(C)cc3)c2n1. The van der Waals surface area contributed by atoms with Crippen LogP contribution in [0.1, 0.15) is 35.1 Å². The number of nitrogens with zero attached hydrogens (tertiary/aromatic N) is 6. The number of benzene rings is 2. The molecule has 0 saturated carbocycles. The van der Waals surface area contributed by atoms with Gasteiger partial charge in [0.1, 0.15) is 11.6 Å². The van der Waals surface area contributed by atoms with Gasteiger partial charge in [0.05, 0.1) is 17.3 Å². The minimum atomic E-state index is 0.0350. The van der Waals surface area contributed by atoms with Gasteiger partial charge in [-0.05, 0) is 49.7 Å². The third-order valence-corrected chi connectivity index (χ3v) is 6.48. The molecule has 1 aliphatic rings. The smallest absolute Gasteiger partial charge is 0.253 e. The molecule has 174 valence electrons. The average molecular weight is 475 g/mol. The maximum absolute atomic E-state index is 13.0. The second-order valence-electron chi connectivity index (χ2n) is 8.59. The van der Waals surface area contributed by atoms with Gasteiger partial charge in [0.2, 0.25) is 0 Å². The van der Waals surface area contributed by atoms with Crippen LogP contribution in [0, 0.1) is 6.92 Å². The van der Waals surface area contributed by atoms with Gasteiger partial charge in [0.25, 0.3) is 5.91 Å². The number of fused-ring (bicyclic) bond motifs is 1. The zero-order chi connectivity index (χ0) is 23.7. The van der Waals surface area contributed by atoms with Crippen LogP contribution in [0.2, 0.25) is 5.02 Å². The van der Waals surface area contributed by atoms with E-state index in [-0.39, 0.29) is 5.91 Å². The molecule has 0 atom stereocenters. The van der Waals surface area contributed by atoms with Gasteiger partial charge in [-0.15, -0.1) is 0 Å². The van der Waals surface area contributed by atoms with Crippen molar-refractivity contribution >= 4 is 34.4 Å². The van der Waals surface area contributed by atoms with Crippen LogP contribution < -0.4 is 4.90 Å². The molecule has 8 heteroatoms. The Morgan fingerprint density at radius 3 is 2.47 bits per heavy atom. The van der Waals surface area contributed by atoms with Crippen molar-refractivity contribution in [1.29, 1.82) is 0 Å². The maximum atomic E-state index is 13.0. The summed E-state index contributed by atoms with van der Waals surface area (Å²) < 4.78 is 1.88. The highest BCUT2D eigenvalue weighted by atomic mass is 35.5. The highest BCUT2D eigenvalue weighted by Crippen LogP contribution is 2.27. The molecule has 0 radical (unpaired) electrons. The molecule has 0 spiro atoms. The van der Waals surface area contributed by atoms with Crippen LogP contribution in [0.25, 0.3) is 16.7 Å². The van der Waals surface area contributed by atoms with Crippen molar-refractivity contribution in [3.63, 3.8) is 0 Å². The molecule has 0 bridgehead atoms. The van der Waals surface area contributed by atoms with E-state index in [1.54, 1.807) is 24.3 Å². The summed E-state index contributed by atoms with van der Waals surface area (Å²) in [5.74, 6) is 1.71. The van der Waals surface area contributed by atoms with Crippen LogP contribution in [0.4, 0.5) is 5.82 Å². The third-order valence-electron chi connectivity index (χ3n) is 6.22. The highest BCUT2D eigenvalue weighted by molar-refractivity contribution is 6.30. The van der Waals surface area contributed by atoms with Gasteiger partial charge >= 0.3 is 0 Å². The standard InChI is InChI=1S/C26H27ClN6O/c1-3-23-29-24(22-17-28-33(25(22)30-23)21-11-5-18(2)6-12-21)31-13-4-14-32(16-15-31)26(34)19-7-9-20(27)10-8-19/h5-12,17H,3-4,13-16H2,1-2H3. The highest BCUT2D eigenvalue weighted by Gasteiger charge is 2.24. The first kappa shape index (κ1) is 22.3. The van der Waals surface area contributed by atoms with E-state index in [2.05, 4.69) is 48.1 Å². The number of rotatable bonds is 4. The minimum absolute atomic E-state index is 0.0350. The van der Waals surface area contributed by atoms with Crippen molar-refractivity contribution < 1.29 is 4.79 Å². The number of aryl methyl sites for hydroxylation is 2. The monoisotopic (exact) mass is 474 g/mol. The number of hydrogen-bond acceptors (Lipinski definition) is 5. The molecule has 1 saturated heterocycles. The van der Waals surface area contributed by atoms with Gasteiger partial charge in [0.15, 0.2) is 5.65 Å². The third kappa shape index (κ3) is 4.35. The largest absolute Gasteiger partial charge is 0.354 e. The molecule has 7 nitrogen and oxygen atoms in total. The molecule has 2 aromatic heterocycles. The Morgan fingerprint density at radius 1 is 0.971 bits per heavy atom. The molecule has 3 heterocycles. The molecule has 1 amide bonds. The van der Waals surface area contributed by atoms with Crippen molar-refractivity contribution in [2.24, 2.45) is 0 Å². The van der Waals surface area contributed by atoms with Gasteiger partial charge in [-0.3, -0.25) is 4.79 Å². The Morgan fingerprint density at radius 2 is 1.74 bits per heavy atom. The van der Waals surface area contributed by atoms with E-state index >= 15 is 0 Å². The van der Waals surface area contributed by atoms with E-state index in [1.165, 1.54) is 5.56 Å². The van der Waals surface area contributed by atoms with Crippen molar-refractivity contribution in [2.75, 3.05) is 31.1 Å². The lowest BCUT2D eigenvalue weighted by atomic mass is 10.2. The number of anilines is 1. The van der Waals surface area contributed by atoms with Crippen molar-refractivity contribution in [1.82, 2.24) is 24.6 Å².